The molecule has 1 aliphatic heterocycles. The minimum absolute atomic E-state index is 0.140. The minimum atomic E-state index is -3.56. The Morgan fingerprint density at radius 3 is 2.55 bits per heavy atom. The van der Waals surface area contributed by atoms with E-state index >= 15 is 0 Å². The average Bonchev–Trinajstić information content (AvgIpc) is 3.35. The Labute approximate surface area is 178 Å². The predicted molar refractivity (Wildman–Crippen MR) is 116 cm³/mol. The molecule has 3 aromatic rings. The fourth-order valence-electron chi connectivity index (χ4n) is 3.24. The van der Waals surface area contributed by atoms with Crippen molar-refractivity contribution in [2.75, 3.05) is 26.2 Å². The summed E-state index contributed by atoms with van der Waals surface area (Å²) >= 11 is 3.04. The second-order valence-electron chi connectivity index (χ2n) is 6.88. The van der Waals surface area contributed by atoms with Gasteiger partial charge in [0.25, 0.3) is 5.91 Å². The van der Waals surface area contributed by atoms with Crippen molar-refractivity contribution >= 4 is 38.6 Å². The van der Waals surface area contributed by atoms with Gasteiger partial charge in [-0.3, -0.25) is 4.79 Å². The van der Waals surface area contributed by atoms with Gasteiger partial charge in [0, 0.05) is 31.6 Å². The molecule has 9 heteroatoms. The number of hydrogen-bond donors (Lipinski definition) is 0. The van der Waals surface area contributed by atoms with Crippen molar-refractivity contribution in [1.29, 1.82) is 0 Å². The molecule has 1 aliphatic rings. The van der Waals surface area contributed by atoms with E-state index in [9.17, 15) is 13.2 Å². The molecular weight excluding hydrogens is 426 g/mol. The van der Waals surface area contributed by atoms with Crippen LogP contribution in [0.4, 0.5) is 0 Å². The van der Waals surface area contributed by atoms with E-state index in [0.717, 1.165) is 15.4 Å². The van der Waals surface area contributed by atoms with Crippen LogP contribution in [-0.2, 0) is 10.0 Å². The van der Waals surface area contributed by atoms with Gasteiger partial charge in [0.1, 0.15) is 10.7 Å². The predicted octanol–water partition coefficient (Wildman–Crippen LogP) is 3.72. The minimum Gasteiger partial charge on any atom is -0.336 e. The van der Waals surface area contributed by atoms with Gasteiger partial charge in [-0.1, -0.05) is 23.8 Å². The van der Waals surface area contributed by atoms with Crippen LogP contribution in [0.1, 0.15) is 22.5 Å². The smallest absolute Gasteiger partial charge is 0.273 e. The van der Waals surface area contributed by atoms with Crippen molar-refractivity contribution in [2.45, 2.75) is 18.2 Å². The second kappa shape index (κ2) is 8.35. The Kier molecular flexibility index (Phi) is 5.82. The SMILES string of the molecule is Cc1ccc(S(=O)(=O)N2CCCN(C(=O)c3csc(-c4cccs4)n3)CC2)cc1. The molecule has 152 valence electrons. The van der Waals surface area contributed by atoms with Gasteiger partial charge in [-0.15, -0.1) is 22.7 Å². The van der Waals surface area contributed by atoms with Crippen LogP contribution in [0, 0.1) is 6.92 Å². The molecule has 29 heavy (non-hydrogen) atoms. The summed E-state index contributed by atoms with van der Waals surface area (Å²) in [7, 11) is -3.56. The lowest BCUT2D eigenvalue weighted by molar-refractivity contribution is 0.0759. The lowest BCUT2D eigenvalue weighted by Crippen LogP contribution is -2.37. The number of thiazole rings is 1. The highest BCUT2D eigenvalue weighted by Crippen LogP contribution is 2.28. The van der Waals surface area contributed by atoms with E-state index in [1.807, 2.05) is 24.4 Å². The molecule has 1 saturated heterocycles. The van der Waals surface area contributed by atoms with Crippen molar-refractivity contribution in [3.05, 3.63) is 58.4 Å². The Hall–Kier alpha value is -2.07. The number of thiophene rings is 1. The maximum atomic E-state index is 12.9. The lowest BCUT2D eigenvalue weighted by atomic mass is 10.2. The van der Waals surface area contributed by atoms with Crippen LogP contribution in [0.2, 0.25) is 0 Å². The standard InChI is InChI=1S/C20H21N3O3S3/c1-15-5-7-16(8-6-15)29(25,26)23-10-3-9-22(11-12-23)20(24)17-14-28-19(21-17)18-4-2-13-27-18/h2,4-8,13-14H,3,9-12H2,1H3. The molecule has 0 spiro atoms. The summed E-state index contributed by atoms with van der Waals surface area (Å²) in [5.74, 6) is -0.140. The molecular formula is C20H21N3O3S3. The highest BCUT2D eigenvalue weighted by atomic mass is 32.2. The molecule has 0 unspecified atom stereocenters. The Morgan fingerprint density at radius 2 is 1.83 bits per heavy atom. The van der Waals surface area contributed by atoms with Crippen molar-refractivity contribution in [1.82, 2.24) is 14.2 Å². The summed E-state index contributed by atoms with van der Waals surface area (Å²) in [6, 6.07) is 10.8. The monoisotopic (exact) mass is 447 g/mol. The molecule has 1 aromatic carbocycles. The third-order valence-electron chi connectivity index (χ3n) is 4.86. The molecule has 1 amide bonds. The maximum Gasteiger partial charge on any atom is 0.273 e. The number of rotatable bonds is 4. The third-order valence-corrected chi connectivity index (χ3v) is 8.65. The van der Waals surface area contributed by atoms with Gasteiger partial charge in [-0.25, -0.2) is 13.4 Å². The summed E-state index contributed by atoms with van der Waals surface area (Å²) in [5.41, 5.74) is 1.44. The molecule has 6 nitrogen and oxygen atoms in total. The fraction of sp³-hybridized carbons (Fsp3) is 0.300. The summed E-state index contributed by atoms with van der Waals surface area (Å²) < 4.78 is 27.4. The first kappa shape index (κ1) is 20.2. The van der Waals surface area contributed by atoms with Crippen LogP contribution < -0.4 is 0 Å². The summed E-state index contributed by atoms with van der Waals surface area (Å²) in [4.78, 5) is 20.4. The largest absolute Gasteiger partial charge is 0.336 e. The van der Waals surface area contributed by atoms with Gasteiger partial charge in [0.05, 0.1) is 9.77 Å². The zero-order valence-electron chi connectivity index (χ0n) is 15.9. The Balaban J connectivity index is 1.46. The summed E-state index contributed by atoms with van der Waals surface area (Å²) in [6.07, 6.45) is 0.596. The fourth-order valence-corrected chi connectivity index (χ4v) is 6.32. The first-order valence-corrected chi connectivity index (χ1v) is 12.5. The van der Waals surface area contributed by atoms with Gasteiger partial charge in [0.2, 0.25) is 10.0 Å². The second-order valence-corrected chi connectivity index (χ2v) is 10.6. The normalized spacial score (nSPS) is 16.0. The zero-order valence-corrected chi connectivity index (χ0v) is 18.4. The maximum absolute atomic E-state index is 12.9. The van der Waals surface area contributed by atoms with E-state index in [1.165, 1.54) is 15.6 Å². The zero-order chi connectivity index (χ0) is 20.4. The van der Waals surface area contributed by atoms with E-state index < -0.39 is 10.0 Å². The van der Waals surface area contributed by atoms with E-state index in [0.29, 0.717) is 36.6 Å². The van der Waals surface area contributed by atoms with Crippen LogP contribution in [0.3, 0.4) is 0 Å². The van der Waals surface area contributed by atoms with Crippen molar-refractivity contribution in [2.24, 2.45) is 0 Å². The molecule has 0 atom stereocenters. The van der Waals surface area contributed by atoms with Gasteiger partial charge >= 0.3 is 0 Å². The molecule has 0 saturated carbocycles. The average molecular weight is 448 g/mol. The highest BCUT2D eigenvalue weighted by Gasteiger charge is 2.29. The van der Waals surface area contributed by atoms with E-state index in [4.69, 9.17) is 0 Å². The number of carbonyl (C=O) groups excluding carboxylic acids is 1. The number of hydrogen-bond acceptors (Lipinski definition) is 6. The van der Waals surface area contributed by atoms with Crippen LogP contribution in [0.25, 0.3) is 9.88 Å². The molecule has 3 heterocycles. The third kappa shape index (κ3) is 4.28. The Morgan fingerprint density at radius 1 is 1.03 bits per heavy atom. The molecule has 0 bridgehead atoms. The van der Waals surface area contributed by atoms with Gasteiger partial charge in [-0.05, 0) is 36.9 Å². The number of benzene rings is 1. The topological polar surface area (TPSA) is 70.6 Å². The highest BCUT2D eigenvalue weighted by molar-refractivity contribution is 7.89. The molecule has 1 fully saturated rings. The van der Waals surface area contributed by atoms with Gasteiger partial charge in [-0.2, -0.15) is 4.31 Å². The number of carbonyl (C=O) groups is 1. The molecule has 4 rings (SSSR count). The van der Waals surface area contributed by atoms with Crippen LogP contribution >= 0.6 is 22.7 Å². The Bertz CT molecular complexity index is 1090. The number of aromatic nitrogens is 1. The van der Waals surface area contributed by atoms with Gasteiger partial charge in [0.15, 0.2) is 0 Å². The molecule has 0 N–H and O–H groups in total. The van der Waals surface area contributed by atoms with Crippen molar-refractivity contribution < 1.29 is 13.2 Å². The number of amides is 1. The lowest BCUT2D eigenvalue weighted by Gasteiger charge is -2.21. The van der Waals surface area contributed by atoms with Crippen LogP contribution in [-0.4, -0.2) is 54.7 Å². The quantitative estimate of drug-likeness (QED) is 0.611. The van der Waals surface area contributed by atoms with Crippen LogP contribution in [0.5, 0.6) is 0 Å². The van der Waals surface area contributed by atoms with Gasteiger partial charge < -0.3 is 4.90 Å². The molecule has 0 radical (unpaired) electrons. The number of nitrogens with zero attached hydrogens (tertiary/aromatic N) is 3. The van der Waals surface area contributed by atoms with E-state index in [1.54, 1.807) is 45.9 Å². The van der Waals surface area contributed by atoms with Crippen molar-refractivity contribution in [3.63, 3.8) is 0 Å². The van der Waals surface area contributed by atoms with Crippen molar-refractivity contribution in [3.8, 4) is 9.88 Å². The summed E-state index contributed by atoms with van der Waals surface area (Å²) in [5, 5.41) is 4.60. The number of aryl methyl sites for hydroxylation is 1. The van der Waals surface area contributed by atoms with E-state index in [2.05, 4.69) is 4.98 Å². The summed E-state index contributed by atoms with van der Waals surface area (Å²) in [6.45, 7) is 3.48. The number of sulfonamides is 1. The molecule has 2 aromatic heterocycles. The van der Waals surface area contributed by atoms with E-state index in [-0.39, 0.29) is 12.5 Å². The molecule has 0 aliphatic carbocycles. The first-order chi connectivity index (χ1) is 13.9. The van der Waals surface area contributed by atoms with Crippen LogP contribution in [0.15, 0.2) is 52.1 Å². The first-order valence-electron chi connectivity index (χ1n) is 9.30.